The van der Waals surface area contributed by atoms with Gasteiger partial charge in [0.25, 0.3) is 0 Å². The molecule has 0 atom stereocenters. The van der Waals surface area contributed by atoms with Gasteiger partial charge < -0.3 is 16.0 Å². The molecular formula is C19H31IN4O. The Labute approximate surface area is 168 Å². The van der Waals surface area contributed by atoms with Crippen molar-refractivity contribution < 1.29 is 4.79 Å². The minimum atomic E-state index is 0. The second-order valence-corrected chi connectivity index (χ2v) is 6.29. The first-order chi connectivity index (χ1) is 11.7. The van der Waals surface area contributed by atoms with E-state index in [9.17, 15) is 4.79 Å². The van der Waals surface area contributed by atoms with Gasteiger partial charge in [-0.25, -0.2) is 4.99 Å². The van der Waals surface area contributed by atoms with Crippen LogP contribution in [-0.2, 0) is 11.3 Å². The van der Waals surface area contributed by atoms with Gasteiger partial charge in [0.05, 0.1) is 6.54 Å². The molecule has 1 aliphatic carbocycles. The summed E-state index contributed by atoms with van der Waals surface area (Å²) in [5.41, 5.74) is 1.96. The number of carbonyl (C=O) groups excluding carboxylic acids is 1. The first-order valence-corrected chi connectivity index (χ1v) is 9.15. The van der Waals surface area contributed by atoms with Gasteiger partial charge in [0, 0.05) is 24.7 Å². The molecule has 1 saturated carbocycles. The van der Waals surface area contributed by atoms with Crippen LogP contribution in [0.15, 0.2) is 29.3 Å². The molecule has 0 saturated heterocycles. The number of hydrogen-bond donors (Lipinski definition) is 3. The van der Waals surface area contributed by atoms with Crippen molar-refractivity contribution in [3.63, 3.8) is 0 Å². The summed E-state index contributed by atoms with van der Waals surface area (Å²) in [7, 11) is 0. The Morgan fingerprint density at radius 2 is 1.96 bits per heavy atom. The lowest BCUT2D eigenvalue weighted by molar-refractivity contribution is -0.119. The van der Waals surface area contributed by atoms with Gasteiger partial charge in [-0.05, 0) is 43.9 Å². The van der Waals surface area contributed by atoms with Crippen LogP contribution in [0.3, 0.4) is 0 Å². The maximum Gasteiger partial charge on any atom is 0.227 e. The van der Waals surface area contributed by atoms with Gasteiger partial charge in [0.2, 0.25) is 5.91 Å². The number of amides is 1. The fourth-order valence-electron chi connectivity index (χ4n) is 2.94. The summed E-state index contributed by atoms with van der Waals surface area (Å²) in [4.78, 5) is 16.8. The van der Waals surface area contributed by atoms with E-state index in [1.54, 1.807) is 0 Å². The number of nitrogens with zero attached hydrogens (tertiary/aromatic N) is 1. The van der Waals surface area contributed by atoms with Crippen molar-refractivity contribution in [1.82, 2.24) is 10.6 Å². The number of anilines is 1. The third-order valence-corrected chi connectivity index (χ3v) is 4.23. The SMILES string of the molecule is CCCNC(=NCc1cccc(NC(=O)C2CCCC2)c1)NCC.I. The summed E-state index contributed by atoms with van der Waals surface area (Å²) in [6, 6.07) is 7.97. The van der Waals surface area contributed by atoms with Crippen LogP contribution in [0.1, 0.15) is 51.5 Å². The normalized spacial score (nSPS) is 14.7. The summed E-state index contributed by atoms with van der Waals surface area (Å²) in [5.74, 6) is 1.18. The van der Waals surface area contributed by atoms with Crippen LogP contribution < -0.4 is 16.0 Å². The van der Waals surface area contributed by atoms with Gasteiger partial charge >= 0.3 is 0 Å². The molecule has 25 heavy (non-hydrogen) atoms. The molecule has 0 aliphatic heterocycles. The molecule has 0 bridgehead atoms. The first kappa shape index (κ1) is 21.7. The van der Waals surface area contributed by atoms with E-state index in [1.165, 1.54) is 12.8 Å². The number of aliphatic imine (C=N–C) groups is 1. The maximum atomic E-state index is 12.2. The van der Waals surface area contributed by atoms with Crippen LogP contribution in [0.5, 0.6) is 0 Å². The Kier molecular flexibility index (Phi) is 10.5. The van der Waals surface area contributed by atoms with Crippen molar-refractivity contribution in [2.24, 2.45) is 10.9 Å². The highest BCUT2D eigenvalue weighted by Gasteiger charge is 2.22. The topological polar surface area (TPSA) is 65.5 Å². The average Bonchev–Trinajstić information content (AvgIpc) is 3.12. The van der Waals surface area contributed by atoms with Crippen LogP contribution in [0.25, 0.3) is 0 Å². The van der Waals surface area contributed by atoms with Crippen LogP contribution in [-0.4, -0.2) is 25.0 Å². The van der Waals surface area contributed by atoms with Crippen molar-refractivity contribution in [2.45, 2.75) is 52.5 Å². The van der Waals surface area contributed by atoms with E-state index in [2.05, 4.69) is 34.8 Å². The van der Waals surface area contributed by atoms with Gasteiger partial charge in [0.15, 0.2) is 5.96 Å². The third kappa shape index (κ3) is 7.63. The van der Waals surface area contributed by atoms with Gasteiger partial charge in [-0.1, -0.05) is 31.9 Å². The largest absolute Gasteiger partial charge is 0.357 e. The summed E-state index contributed by atoms with van der Waals surface area (Å²) in [5, 5.41) is 9.59. The molecule has 1 fully saturated rings. The summed E-state index contributed by atoms with van der Waals surface area (Å²) in [6.07, 6.45) is 5.44. The van der Waals surface area contributed by atoms with Crippen LogP contribution in [0.2, 0.25) is 0 Å². The Morgan fingerprint density at radius 3 is 2.64 bits per heavy atom. The highest BCUT2D eigenvalue weighted by Crippen LogP contribution is 2.26. The van der Waals surface area contributed by atoms with Crippen LogP contribution in [0, 0.1) is 5.92 Å². The zero-order valence-electron chi connectivity index (χ0n) is 15.3. The maximum absolute atomic E-state index is 12.2. The molecule has 1 aliphatic rings. The van der Waals surface area contributed by atoms with Gasteiger partial charge in [-0.2, -0.15) is 0 Å². The Hall–Kier alpha value is -1.31. The molecule has 1 amide bonds. The van der Waals surface area contributed by atoms with E-state index in [-0.39, 0.29) is 35.8 Å². The number of rotatable bonds is 7. The molecule has 1 aromatic carbocycles. The summed E-state index contributed by atoms with van der Waals surface area (Å²) >= 11 is 0. The van der Waals surface area contributed by atoms with Gasteiger partial charge in [-0.3, -0.25) is 4.79 Å². The summed E-state index contributed by atoms with van der Waals surface area (Å²) < 4.78 is 0. The standard InChI is InChI=1S/C19H30N4O.HI/c1-3-12-21-19(20-4-2)22-14-15-8-7-11-17(13-15)23-18(24)16-9-5-6-10-16;/h7-8,11,13,16H,3-6,9-10,12,14H2,1-2H3,(H,23,24)(H2,20,21,22);1H. The van der Waals surface area contributed by atoms with Crippen LogP contribution >= 0.6 is 24.0 Å². The predicted octanol–water partition coefficient (Wildman–Crippen LogP) is 3.90. The number of nitrogens with one attached hydrogen (secondary N) is 3. The van der Waals surface area contributed by atoms with E-state index in [1.807, 2.05) is 24.3 Å². The van der Waals surface area contributed by atoms with Crippen molar-refractivity contribution in [2.75, 3.05) is 18.4 Å². The highest BCUT2D eigenvalue weighted by molar-refractivity contribution is 14.0. The number of carbonyl (C=O) groups is 1. The molecule has 0 spiro atoms. The first-order valence-electron chi connectivity index (χ1n) is 9.15. The predicted molar refractivity (Wildman–Crippen MR) is 116 cm³/mol. The van der Waals surface area contributed by atoms with E-state index in [4.69, 9.17) is 0 Å². The average molecular weight is 458 g/mol. The van der Waals surface area contributed by atoms with Crippen LogP contribution in [0.4, 0.5) is 5.69 Å². The molecule has 0 aromatic heterocycles. The lowest BCUT2D eigenvalue weighted by atomic mass is 10.1. The third-order valence-electron chi connectivity index (χ3n) is 4.23. The van der Waals surface area contributed by atoms with E-state index >= 15 is 0 Å². The molecule has 6 heteroatoms. The Balaban J connectivity index is 0.00000312. The Bertz CT molecular complexity index is 556. The van der Waals surface area contributed by atoms with Gasteiger partial charge in [-0.15, -0.1) is 24.0 Å². The summed E-state index contributed by atoms with van der Waals surface area (Å²) in [6.45, 7) is 6.53. The number of benzene rings is 1. The quantitative estimate of drug-likeness (QED) is 0.330. The number of hydrogen-bond acceptors (Lipinski definition) is 2. The van der Waals surface area contributed by atoms with Crippen molar-refractivity contribution >= 4 is 41.5 Å². The lowest BCUT2D eigenvalue weighted by Gasteiger charge is -2.12. The second kappa shape index (κ2) is 12.1. The molecule has 1 aromatic rings. The Morgan fingerprint density at radius 1 is 1.20 bits per heavy atom. The van der Waals surface area contributed by atoms with E-state index in [0.717, 1.165) is 49.6 Å². The van der Waals surface area contributed by atoms with Crippen molar-refractivity contribution in [3.05, 3.63) is 29.8 Å². The minimum absolute atomic E-state index is 0. The fourth-order valence-corrected chi connectivity index (χ4v) is 2.94. The van der Waals surface area contributed by atoms with E-state index < -0.39 is 0 Å². The molecule has 2 rings (SSSR count). The van der Waals surface area contributed by atoms with Crippen molar-refractivity contribution in [3.8, 4) is 0 Å². The lowest BCUT2D eigenvalue weighted by Crippen LogP contribution is -2.37. The molecule has 5 nitrogen and oxygen atoms in total. The second-order valence-electron chi connectivity index (χ2n) is 6.29. The molecule has 0 unspecified atom stereocenters. The number of halogens is 1. The van der Waals surface area contributed by atoms with Gasteiger partial charge in [0.1, 0.15) is 0 Å². The highest BCUT2D eigenvalue weighted by atomic mass is 127. The minimum Gasteiger partial charge on any atom is -0.357 e. The monoisotopic (exact) mass is 458 g/mol. The molecule has 140 valence electrons. The smallest absolute Gasteiger partial charge is 0.227 e. The molecule has 3 N–H and O–H groups in total. The number of guanidine groups is 1. The molecule has 0 heterocycles. The molecular weight excluding hydrogens is 427 g/mol. The van der Waals surface area contributed by atoms with E-state index in [0.29, 0.717) is 6.54 Å². The van der Waals surface area contributed by atoms with Crippen molar-refractivity contribution in [1.29, 1.82) is 0 Å². The zero-order chi connectivity index (χ0) is 17.2. The zero-order valence-corrected chi connectivity index (χ0v) is 17.6. The fraction of sp³-hybridized carbons (Fsp3) is 0.579. The molecule has 0 radical (unpaired) electrons.